The molecule has 0 aliphatic rings. The van der Waals surface area contributed by atoms with Crippen LogP contribution in [0.4, 0.5) is 39.5 Å². The van der Waals surface area contributed by atoms with Crippen LogP contribution in [0.1, 0.15) is 20.8 Å². The molecule has 3 N–H and O–H groups in total. The third-order valence-electron chi connectivity index (χ3n) is 1.86. The van der Waals surface area contributed by atoms with Gasteiger partial charge in [-0.15, -0.1) is 0 Å². The van der Waals surface area contributed by atoms with E-state index < -0.39 is 53.2 Å². The van der Waals surface area contributed by atoms with Gasteiger partial charge in [0.2, 0.25) is 0 Å². The molecule has 0 rings (SSSR count). The molecular formula is C15H15F9FeO6. The van der Waals surface area contributed by atoms with Crippen molar-refractivity contribution in [2.45, 2.75) is 39.3 Å². The van der Waals surface area contributed by atoms with Gasteiger partial charge < -0.3 is 15.3 Å². The first-order chi connectivity index (χ1) is 13.0. The van der Waals surface area contributed by atoms with Gasteiger partial charge in [-0.05, 0) is 20.8 Å². The quantitative estimate of drug-likeness (QED) is 0.216. The smallest absolute Gasteiger partial charge is 0.454 e. The Hall–Kier alpha value is -2.48. The summed E-state index contributed by atoms with van der Waals surface area (Å²) < 4.78 is 102. The number of alkyl halides is 9. The number of allylic oxidation sites excluding steroid dienone is 6. The molecule has 0 aromatic carbocycles. The molecule has 16 heteroatoms. The topological polar surface area (TPSA) is 112 Å². The van der Waals surface area contributed by atoms with E-state index in [2.05, 4.69) is 0 Å². The van der Waals surface area contributed by atoms with E-state index in [0.29, 0.717) is 0 Å². The van der Waals surface area contributed by atoms with E-state index in [0.717, 1.165) is 20.8 Å². The van der Waals surface area contributed by atoms with E-state index in [9.17, 15) is 53.9 Å². The van der Waals surface area contributed by atoms with Gasteiger partial charge in [-0.25, -0.2) is 0 Å². The first-order valence-corrected chi connectivity index (χ1v) is 6.97. The predicted octanol–water partition coefficient (Wildman–Crippen LogP) is 4.74. The van der Waals surface area contributed by atoms with Crippen LogP contribution in [0.15, 0.2) is 35.5 Å². The molecule has 0 amide bonds. The number of halogens is 9. The number of carbonyl (C=O) groups is 3. The predicted molar refractivity (Wildman–Crippen MR) is 82.3 cm³/mol. The van der Waals surface area contributed by atoms with Gasteiger partial charge in [-0.2, -0.15) is 39.5 Å². The molecule has 0 heterocycles. The Bertz CT molecular complexity index is 594. The Kier molecular flexibility index (Phi) is 16.8. The van der Waals surface area contributed by atoms with Gasteiger partial charge in [0.1, 0.15) is 0 Å². The van der Waals surface area contributed by atoms with E-state index in [-0.39, 0.29) is 35.3 Å². The Labute approximate surface area is 179 Å². The summed E-state index contributed by atoms with van der Waals surface area (Å²) in [6, 6.07) is 0. The zero-order valence-corrected chi connectivity index (χ0v) is 16.7. The van der Waals surface area contributed by atoms with Crippen LogP contribution in [-0.2, 0) is 31.5 Å². The summed E-state index contributed by atoms with van der Waals surface area (Å²) in [4.78, 5) is 29.7. The maximum Gasteiger partial charge on any atom is 0.454 e. The van der Waals surface area contributed by atoms with Gasteiger partial charge in [0, 0.05) is 35.3 Å². The molecule has 0 bridgehead atoms. The van der Waals surface area contributed by atoms with Crippen LogP contribution in [0, 0.1) is 0 Å². The van der Waals surface area contributed by atoms with Crippen molar-refractivity contribution in [2.24, 2.45) is 0 Å². The van der Waals surface area contributed by atoms with E-state index in [1.807, 2.05) is 0 Å². The summed E-state index contributed by atoms with van der Waals surface area (Å²) >= 11 is 0. The molecule has 0 atom stereocenters. The van der Waals surface area contributed by atoms with Crippen molar-refractivity contribution in [3.63, 3.8) is 0 Å². The second-order valence-electron chi connectivity index (χ2n) is 4.94. The summed E-state index contributed by atoms with van der Waals surface area (Å²) in [5, 5.41) is 24.7. The fourth-order valence-corrected chi connectivity index (χ4v) is 0.815. The van der Waals surface area contributed by atoms with E-state index in [1.165, 1.54) is 0 Å². The van der Waals surface area contributed by atoms with Crippen LogP contribution in [0.5, 0.6) is 0 Å². The fourth-order valence-electron chi connectivity index (χ4n) is 0.815. The molecule has 0 unspecified atom stereocenters. The normalized spacial score (nSPS) is 13.0. The second-order valence-corrected chi connectivity index (χ2v) is 4.94. The van der Waals surface area contributed by atoms with Crippen LogP contribution in [0.3, 0.4) is 0 Å². The molecular weight excluding hydrogens is 503 g/mol. The van der Waals surface area contributed by atoms with E-state index in [1.54, 1.807) is 0 Å². The number of hydrogen-bond donors (Lipinski definition) is 3. The average molecular weight is 518 g/mol. The fraction of sp³-hybridized carbons (Fsp3) is 0.400. The Morgan fingerprint density at radius 1 is 0.516 bits per heavy atom. The molecule has 31 heavy (non-hydrogen) atoms. The number of aliphatic hydroxyl groups excluding tert-OH is 3. The van der Waals surface area contributed by atoms with Crippen LogP contribution in [0.2, 0.25) is 0 Å². The van der Waals surface area contributed by atoms with Crippen molar-refractivity contribution in [1.82, 2.24) is 0 Å². The van der Waals surface area contributed by atoms with E-state index in [4.69, 9.17) is 15.3 Å². The Morgan fingerprint density at radius 2 is 0.645 bits per heavy atom. The van der Waals surface area contributed by atoms with Gasteiger partial charge in [-0.3, -0.25) is 14.4 Å². The molecule has 0 fully saturated rings. The Morgan fingerprint density at radius 3 is 0.677 bits per heavy atom. The third-order valence-corrected chi connectivity index (χ3v) is 1.86. The molecule has 0 saturated heterocycles. The molecule has 0 aromatic heterocycles. The van der Waals surface area contributed by atoms with Crippen molar-refractivity contribution < 1.29 is 86.3 Å². The molecule has 182 valence electrons. The van der Waals surface area contributed by atoms with Crippen LogP contribution in [-0.4, -0.2) is 51.2 Å². The SMILES string of the molecule is CC(O)=CC(=O)C(F)(F)F.CC(O)=CC(=O)C(F)(F)F.CC(O)=CC(=O)C(F)(F)F.[Fe]. The van der Waals surface area contributed by atoms with Crippen molar-refractivity contribution in [3.05, 3.63) is 35.5 Å². The van der Waals surface area contributed by atoms with Gasteiger partial charge in [0.05, 0.1) is 17.3 Å². The molecule has 0 spiro atoms. The number of aliphatic hydroxyl groups is 3. The van der Waals surface area contributed by atoms with Crippen molar-refractivity contribution >= 4 is 17.3 Å². The second kappa shape index (κ2) is 14.5. The van der Waals surface area contributed by atoms with Crippen LogP contribution in [0.25, 0.3) is 0 Å². The number of rotatable bonds is 3. The van der Waals surface area contributed by atoms with Gasteiger partial charge in [-0.1, -0.05) is 0 Å². The number of hydrogen-bond acceptors (Lipinski definition) is 6. The minimum Gasteiger partial charge on any atom is -0.512 e. The molecule has 0 aromatic rings. The van der Waals surface area contributed by atoms with Crippen molar-refractivity contribution in [3.8, 4) is 0 Å². The molecule has 0 aliphatic carbocycles. The average Bonchev–Trinajstić information content (AvgIpc) is 2.43. The molecule has 0 radical (unpaired) electrons. The summed E-state index contributed by atoms with van der Waals surface area (Å²) in [6.07, 6.45) is -14.3. The standard InChI is InChI=1S/3C5H5F3O2.Fe/c3*1-3(9)2-4(10)5(6,7)8;/h3*2,9H,1H3;. The maximum absolute atomic E-state index is 11.3. The zero-order chi connectivity index (χ0) is 25.1. The summed E-state index contributed by atoms with van der Waals surface area (Å²) in [7, 11) is 0. The monoisotopic (exact) mass is 518 g/mol. The van der Waals surface area contributed by atoms with Crippen LogP contribution < -0.4 is 0 Å². The first-order valence-electron chi connectivity index (χ1n) is 6.97. The van der Waals surface area contributed by atoms with Crippen molar-refractivity contribution in [1.29, 1.82) is 0 Å². The summed E-state index contributed by atoms with van der Waals surface area (Å²) in [5.41, 5.74) is 0. The molecule has 0 saturated carbocycles. The van der Waals surface area contributed by atoms with Crippen LogP contribution >= 0.6 is 0 Å². The summed E-state index contributed by atoms with van der Waals surface area (Å²) in [5.74, 6) is -8.10. The van der Waals surface area contributed by atoms with Crippen molar-refractivity contribution in [2.75, 3.05) is 0 Å². The minimum atomic E-state index is -4.88. The number of ketones is 3. The molecule has 0 aliphatic heterocycles. The van der Waals surface area contributed by atoms with Gasteiger partial charge in [0.15, 0.2) is 0 Å². The van der Waals surface area contributed by atoms with E-state index >= 15 is 0 Å². The minimum absolute atomic E-state index is 0. The summed E-state index contributed by atoms with van der Waals surface area (Å²) in [6.45, 7) is 2.97. The molecule has 6 nitrogen and oxygen atoms in total. The van der Waals surface area contributed by atoms with Gasteiger partial charge in [0.25, 0.3) is 17.3 Å². The maximum atomic E-state index is 11.3. The Balaban J connectivity index is -0.000000174. The zero-order valence-electron chi connectivity index (χ0n) is 15.6. The third kappa shape index (κ3) is 23.7. The number of carbonyl (C=O) groups excluding carboxylic acids is 3. The largest absolute Gasteiger partial charge is 0.512 e. The first kappa shape index (κ1) is 35.9. The van der Waals surface area contributed by atoms with Gasteiger partial charge >= 0.3 is 18.5 Å².